The molecule has 0 amide bonds. The van der Waals surface area contributed by atoms with Gasteiger partial charge in [0, 0.05) is 82.4 Å². The van der Waals surface area contributed by atoms with Gasteiger partial charge in [-0.3, -0.25) is 19.2 Å². The summed E-state index contributed by atoms with van der Waals surface area (Å²) in [5.74, 6) is 2.76. The molecule has 0 bridgehead atoms. The van der Waals surface area contributed by atoms with Crippen LogP contribution in [-0.2, 0) is 0 Å². The summed E-state index contributed by atoms with van der Waals surface area (Å²) in [6.07, 6.45) is 7.61. The van der Waals surface area contributed by atoms with Gasteiger partial charge in [-0.1, -0.05) is 18.2 Å². The first-order valence-electron chi connectivity index (χ1n) is 20.6. The fourth-order valence-corrected chi connectivity index (χ4v) is 8.82. The third kappa shape index (κ3) is 8.40. The summed E-state index contributed by atoms with van der Waals surface area (Å²) in [6.45, 7) is 11.9. The zero-order valence-corrected chi connectivity index (χ0v) is 32.8. The predicted octanol–water partition coefficient (Wildman–Crippen LogP) is 4.88. The first-order chi connectivity index (χ1) is 28.4. The van der Waals surface area contributed by atoms with Gasteiger partial charge in [-0.2, -0.15) is 5.10 Å². The zero-order valence-electron chi connectivity index (χ0n) is 32.8. The highest BCUT2D eigenvalue weighted by Gasteiger charge is 2.28. The first kappa shape index (κ1) is 37.7. The lowest BCUT2D eigenvalue weighted by Crippen LogP contribution is -2.49. The van der Waals surface area contributed by atoms with Gasteiger partial charge in [0.1, 0.15) is 29.3 Å². The molecule has 6 heterocycles. The maximum Gasteiger partial charge on any atom is 0.332 e. The van der Waals surface area contributed by atoms with Crippen molar-refractivity contribution < 1.29 is 4.74 Å². The minimum Gasteiger partial charge on any atom is -0.457 e. The highest BCUT2D eigenvalue weighted by molar-refractivity contribution is 5.98. The Balaban J connectivity index is 0.716. The van der Waals surface area contributed by atoms with Crippen molar-refractivity contribution in [1.29, 1.82) is 0 Å². The summed E-state index contributed by atoms with van der Waals surface area (Å²) < 4.78 is 9.56. The SMILES string of the molecule is Nc1ncnc2c1c(-c1ccc(Oc3ccccc3)cc1)nn2C1CCN(CCN2CCC(CN3CCN(c4ccc(-n5ccc(=O)[nH]c5=O)cc4)CC3)CC2)CC1. The van der Waals surface area contributed by atoms with Gasteiger partial charge < -0.3 is 25.2 Å². The standard InChI is InChI=1S/C44H51N11O3/c45-42-40-41(33-6-12-38(13-7-33)58-37-4-2-1-3-5-37)49-55(43(40)47-31-46-42)36-16-21-51(22-17-36)25-24-50-19-14-32(15-20-50)30-52-26-28-53(29-27-52)34-8-10-35(11-9-34)54-23-18-39(56)48-44(54)57/h1-13,18,23,31-32,36H,14-17,19-22,24-30H2,(H2,45,46,47)(H,48,56,57). The summed E-state index contributed by atoms with van der Waals surface area (Å²) in [5.41, 5.74) is 10.1. The number of aromatic nitrogens is 6. The Kier molecular flexibility index (Phi) is 11.0. The predicted molar refractivity (Wildman–Crippen MR) is 227 cm³/mol. The minimum atomic E-state index is -0.427. The fourth-order valence-electron chi connectivity index (χ4n) is 8.82. The van der Waals surface area contributed by atoms with Crippen LogP contribution in [0.5, 0.6) is 11.5 Å². The number of ether oxygens (including phenoxy) is 1. The molecule has 9 rings (SSSR count). The van der Waals surface area contributed by atoms with Crippen molar-refractivity contribution in [2.45, 2.75) is 31.7 Å². The lowest BCUT2D eigenvalue weighted by molar-refractivity contribution is 0.115. The van der Waals surface area contributed by atoms with Crippen LogP contribution in [0.4, 0.5) is 11.5 Å². The van der Waals surface area contributed by atoms with Gasteiger partial charge in [-0.05, 0) is 105 Å². The highest BCUT2D eigenvalue weighted by atomic mass is 16.5. The van der Waals surface area contributed by atoms with Crippen LogP contribution < -0.4 is 26.6 Å². The number of aromatic amines is 1. The molecule has 58 heavy (non-hydrogen) atoms. The largest absolute Gasteiger partial charge is 0.457 e. The smallest absolute Gasteiger partial charge is 0.332 e. The summed E-state index contributed by atoms with van der Waals surface area (Å²) in [4.78, 5) is 45.2. The highest BCUT2D eigenvalue weighted by Crippen LogP contribution is 2.35. The van der Waals surface area contributed by atoms with Crippen LogP contribution in [0, 0.1) is 5.92 Å². The Bertz CT molecular complexity index is 2410. The molecule has 6 aromatic rings. The van der Waals surface area contributed by atoms with Crippen molar-refractivity contribution in [3.8, 4) is 28.4 Å². The van der Waals surface area contributed by atoms with E-state index in [9.17, 15) is 9.59 Å². The normalized spacial score (nSPS) is 17.9. The van der Waals surface area contributed by atoms with Crippen molar-refractivity contribution in [3.05, 3.63) is 118 Å². The molecule has 3 saturated heterocycles. The second-order valence-electron chi connectivity index (χ2n) is 15.8. The number of rotatable bonds is 11. The monoisotopic (exact) mass is 781 g/mol. The lowest BCUT2D eigenvalue weighted by Gasteiger charge is -2.40. The number of nitrogen functional groups attached to an aromatic ring is 1. The number of piperazine rings is 1. The molecule has 3 N–H and O–H groups in total. The van der Waals surface area contributed by atoms with Crippen molar-refractivity contribution in [1.82, 2.24) is 44.0 Å². The molecule has 0 saturated carbocycles. The number of nitrogens with zero attached hydrogens (tertiary/aromatic N) is 9. The molecule has 3 aliphatic rings. The summed E-state index contributed by atoms with van der Waals surface area (Å²) in [6, 6.07) is 27.4. The third-order valence-electron chi connectivity index (χ3n) is 12.2. The number of hydrogen-bond acceptors (Lipinski definition) is 11. The Morgan fingerprint density at radius 3 is 2.03 bits per heavy atom. The molecule has 0 aliphatic carbocycles. The molecule has 3 aliphatic heterocycles. The van der Waals surface area contributed by atoms with Gasteiger partial charge in [0.15, 0.2) is 5.65 Å². The summed E-state index contributed by atoms with van der Waals surface area (Å²) >= 11 is 0. The van der Waals surface area contributed by atoms with Crippen molar-refractivity contribution in [2.24, 2.45) is 5.92 Å². The van der Waals surface area contributed by atoms with Crippen molar-refractivity contribution >= 4 is 22.5 Å². The number of nitrogens with two attached hydrogens (primary N) is 1. The van der Waals surface area contributed by atoms with Crippen LogP contribution >= 0.6 is 0 Å². The van der Waals surface area contributed by atoms with Gasteiger partial charge in [0.05, 0.1) is 17.1 Å². The topological polar surface area (TPSA) is 147 Å². The maximum atomic E-state index is 12.2. The molecule has 3 fully saturated rings. The molecule has 14 nitrogen and oxygen atoms in total. The van der Waals surface area contributed by atoms with Gasteiger partial charge in [0.2, 0.25) is 0 Å². The number of nitrogens with one attached hydrogen (secondary N) is 1. The number of hydrogen-bond donors (Lipinski definition) is 2. The van der Waals surface area contributed by atoms with E-state index < -0.39 is 11.2 Å². The number of fused-ring (bicyclic) bond motifs is 1. The van der Waals surface area contributed by atoms with E-state index in [1.807, 2.05) is 66.7 Å². The van der Waals surface area contributed by atoms with Gasteiger partial charge in [-0.25, -0.2) is 19.4 Å². The number of piperidine rings is 2. The second kappa shape index (κ2) is 16.9. The number of benzene rings is 3. The number of H-pyrrole nitrogens is 1. The van der Waals surface area contributed by atoms with Crippen LogP contribution in [0.25, 0.3) is 28.0 Å². The fraction of sp³-hybridized carbons (Fsp3) is 0.386. The molecule has 0 radical (unpaired) electrons. The Hall–Kier alpha value is -5.83. The van der Waals surface area contributed by atoms with E-state index in [0.717, 1.165) is 116 Å². The van der Waals surface area contributed by atoms with Gasteiger partial charge in [-0.15, -0.1) is 0 Å². The van der Waals surface area contributed by atoms with Gasteiger partial charge in [0.25, 0.3) is 5.56 Å². The maximum absolute atomic E-state index is 12.2. The quantitative estimate of drug-likeness (QED) is 0.186. The number of para-hydroxylation sites is 1. The molecule has 3 aromatic heterocycles. The second-order valence-corrected chi connectivity index (χ2v) is 15.8. The lowest BCUT2D eigenvalue weighted by atomic mass is 9.96. The average molecular weight is 782 g/mol. The van der Waals surface area contributed by atoms with Gasteiger partial charge >= 0.3 is 5.69 Å². The van der Waals surface area contributed by atoms with Crippen molar-refractivity contribution in [2.75, 3.05) is 82.6 Å². The van der Waals surface area contributed by atoms with E-state index in [0.29, 0.717) is 5.82 Å². The molecule has 0 unspecified atom stereocenters. The van der Waals surface area contributed by atoms with Crippen LogP contribution in [-0.4, -0.2) is 116 Å². The summed E-state index contributed by atoms with van der Waals surface area (Å²) in [7, 11) is 0. The molecular formula is C44H51N11O3. The van der Waals surface area contributed by atoms with Crippen LogP contribution in [0.1, 0.15) is 31.7 Å². The number of anilines is 2. The molecule has 3 aromatic carbocycles. The number of likely N-dealkylation sites (tertiary alicyclic amines) is 2. The Labute approximate surface area is 337 Å². The van der Waals surface area contributed by atoms with E-state index in [-0.39, 0.29) is 6.04 Å². The average Bonchev–Trinajstić information content (AvgIpc) is 3.66. The Morgan fingerprint density at radius 1 is 0.690 bits per heavy atom. The third-order valence-corrected chi connectivity index (χ3v) is 12.2. The Morgan fingerprint density at radius 2 is 1.34 bits per heavy atom. The van der Waals surface area contributed by atoms with Crippen molar-refractivity contribution in [3.63, 3.8) is 0 Å². The minimum absolute atomic E-state index is 0.251. The van der Waals surface area contributed by atoms with E-state index >= 15 is 0 Å². The van der Waals surface area contributed by atoms with Crippen LogP contribution in [0.2, 0.25) is 0 Å². The molecular weight excluding hydrogens is 731 g/mol. The van der Waals surface area contributed by atoms with E-state index in [1.54, 1.807) is 6.33 Å². The molecule has 300 valence electrons. The summed E-state index contributed by atoms with van der Waals surface area (Å²) in [5, 5.41) is 5.93. The molecule has 14 heteroatoms. The van der Waals surface area contributed by atoms with E-state index in [4.69, 9.17) is 15.6 Å². The van der Waals surface area contributed by atoms with Crippen LogP contribution in [0.3, 0.4) is 0 Å². The van der Waals surface area contributed by atoms with E-state index in [2.05, 4.69) is 51.4 Å². The first-order valence-corrected chi connectivity index (χ1v) is 20.6. The van der Waals surface area contributed by atoms with E-state index in [1.165, 1.54) is 49.3 Å². The molecule has 0 atom stereocenters. The zero-order chi connectivity index (χ0) is 39.4. The molecule has 0 spiro atoms. The van der Waals surface area contributed by atoms with Crippen LogP contribution in [0.15, 0.2) is 107 Å².